The molecule has 15 heavy (non-hydrogen) atoms. The molecule has 3 heteroatoms. The van der Waals surface area contributed by atoms with Crippen molar-refractivity contribution >= 4 is 22.8 Å². The molecule has 2 nitrogen and oxygen atoms in total. The van der Waals surface area contributed by atoms with Crippen molar-refractivity contribution in [3.63, 3.8) is 0 Å². The van der Waals surface area contributed by atoms with Gasteiger partial charge >= 0.3 is 0 Å². The van der Waals surface area contributed by atoms with Crippen LogP contribution in [0.4, 0.5) is 4.39 Å². The van der Waals surface area contributed by atoms with Gasteiger partial charge < -0.3 is 4.98 Å². The molecule has 0 atom stereocenters. The zero-order chi connectivity index (χ0) is 10.8. The van der Waals surface area contributed by atoms with Gasteiger partial charge in [-0.1, -0.05) is 6.07 Å². The third kappa shape index (κ3) is 1.81. The number of aromatic nitrogens is 1. The van der Waals surface area contributed by atoms with Crippen LogP contribution in [0.1, 0.15) is 12.5 Å². The molecule has 1 heterocycles. The van der Waals surface area contributed by atoms with Gasteiger partial charge in [0.15, 0.2) is 5.78 Å². The van der Waals surface area contributed by atoms with E-state index < -0.39 is 0 Å². The Morgan fingerprint density at radius 3 is 3.00 bits per heavy atom. The first kappa shape index (κ1) is 9.65. The third-order valence-electron chi connectivity index (χ3n) is 2.18. The smallest absolute Gasteiger partial charge is 0.152 e. The van der Waals surface area contributed by atoms with Crippen molar-refractivity contribution in [2.45, 2.75) is 6.92 Å². The van der Waals surface area contributed by atoms with Crippen molar-refractivity contribution < 1.29 is 9.18 Å². The van der Waals surface area contributed by atoms with E-state index in [0.717, 1.165) is 5.52 Å². The zero-order valence-electron chi connectivity index (χ0n) is 8.25. The molecule has 0 unspecified atom stereocenters. The highest BCUT2D eigenvalue weighted by Gasteiger charge is 2.05. The largest absolute Gasteiger partial charge is 0.360 e. The molecule has 1 N–H and O–H groups in total. The summed E-state index contributed by atoms with van der Waals surface area (Å²) in [6.45, 7) is 1.46. The number of aromatic amines is 1. The summed E-state index contributed by atoms with van der Waals surface area (Å²) in [6.07, 6.45) is 4.73. The molecule has 2 rings (SSSR count). The normalized spacial score (nSPS) is 11.3. The molecule has 1 aromatic heterocycles. The number of carbonyl (C=O) groups excluding carboxylic acids is 1. The minimum absolute atomic E-state index is 0.0549. The van der Waals surface area contributed by atoms with Gasteiger partial charge in [-0.05, 0) is 31.2 Å². The van der Waals surface area contributed by atoms with E-state index in [1.807, 2.05) is 0 Å². The summed E-state index contributed by atoms with van der Waals surface area (Å²) < 4.78 is 13.5. The second kappa shape index (κ2) is 3.69. The second-order valence-electron chi connectivity index (χ2n) is 3.35. The number of ketones is 1. The van der Waals surface area contributed by atoms with Gasteiger partial charge in [0.25, 0.3) is 0 Å². The Kier molecular flexibility index (Phi) is 2.37. The Morgan fingerprint density at radius 1 is 1.47 bits per heavy atom. The molecule has 76 valence electrons. The van der Waals surface area contributed by atoms with Gasteiger partial charge in [0.05, 0.1) is 0 Å². The summed E-state index contributed by atoms with van der Waals surface area (Å²) in [5, 5.41) is 0.523. The first-order valence-corrected chi connectivity index (χ1v) is 4.63. The Bertz CT molecular complexity index is 540. The topological polar surface area (TPSA) is 32.9 Å². The zero-order valence-corrected chi connectivity index (χ0v) is 8.25. The predicted molar refractivity (Wildman–Crippen MR) is 58.0 cm³/mol. The van der Waals surface area contributed by atoms with Crippen molar-refractivity contribution in [2.75, 3.05) is 0 Å². The second-order valence-corrected chi connectivity index (χ2v) is 3.35. The van der Waals surface area contributed by atoms with E-state index in [4.69, 9.17) is 0 Å². The number of benzene rings is 1. The minimum atomic E-state index is -0.281. The molecule has 0 saturated heterocycles. The molecule has 0 radical (unpaired) electrons. The van der Waals surface area contributed by atoms with Crippen LogP contribution in [-0.2, 0) is 4.79 Å². The average Bonchev–Trinajstić information content (AvgIpc) is 2.59. The number of hydrogen-bond acceptors (Lipinski definition) is 1. The summed E-state index contributed by atoms with van der Waals surface area (Å²) >= 11 is 0. The average molecular weight is 203 g/mol. The van der Waals surface area contributed by atoms with E-state index in [1.54, 1.807) is 24.4 Å². The standard InChI is InChI=1S/C12H10FNO/c1-8(15)5-6-9-7-14-11-4-2-3-10(13)12(9)11/h2-7,14H,1H3/b6-5+. The monoisotopic (exact) mass is 203 g/mol. The predicted octanol–water partition coefficient (Wildman–Crippen LogP) is 2.91. The molecular formula is C12H10FNO. The third-order valence-corrected chi connectivity index (χ3v) is 2.18. The van der Waals surface area contributed by atoms with Crippen LogP contribution in [0.2, 0.25) is 0 Å². The fourth-order valence-corrected chi connectivity index (χ4v) is 1.50. The highest BCUT2D eigenvalue weighted by molar-refractivity contribution is 5.96. The molecule has 2 aromatic rings. The first-order valence-electron chi connectivity index (χ1n) is 4.63. The van der Waals surface area contributed by atoms with Crippen LogP contribution < -0.4 is 0 Å². The number of H-pyrrole nitrogens is 1. The summed E-state index contributed by atoms with van der Waals surface area (Å²) in [6, 6.07) is 4.84. The Hall–Kier alpha value is -1.90. The number of fused-ring (bicyclic) bond motifs is 1. The fraction of sp³-hybridized carbons (Fsp3) is 0.0833. The SMILES string of the molecule is CC(=O)/C=C/c1c[nH]c2cccc(F)c12. The molecule has 0 fully saturated rings. The van der Waals surface area contributed by atoms with E-state index in [0.29, 0.717) is 10.9 Å². The maximum atomic E-state index is 13.5. The van der Waals surface area contributed by atoms with E-state index in [9.17, 15) is 9.18 Å². The number of allylic oxidation sites excluding steroid dienone is 1. The molecule has 1 aromatic carbocycles. The highest BCUT2D eigenvalue weighted by atomic mass is 19.1. The lowest BCUT2D eigenvalue weighted by molar-refractivity contribution is -0.112. The van der Waals surface area contributed by atoms with E-state index in [-0.39, 0.29) is 11.6 Å². The van der Waals surface area contributed by atoms with Gasteiger partial charge in [-0.25, -0.2) is 4.39 Å². The van der Waals surface area contributed by atoms with Crippen LogP contribution in [0.25, 0.3) is 17.0 Å². The molecule has 0 spiro atoms. The van der Waals surface area contributed by atoms with Crippen molar-refractivity contribution in [1.29, 1.82) is 0 Å². The van der Waals surface area contributed by atoms with Crippen molar-refractivity contribution in [3.05, 3.63) is 41.9 Å². The van der Waals surface area contributed by atoms with Gasteiger partial charge in [0.2, 0.25) is 0 Å². The van der Waals surface area contributed by atoms with Gasteiger partial charge in [-0.3, -0.25) is 4.79 Å². The van der Waals surface area contributed by atoms with Gasteiger partial charge in [0, 0.05) is 22.7 Å². The van der Waals surface area contributed by atoms with Crippen LogP contribution in [-0.4, -0.2) is 10.8 Å². The molecular weight excluding hydrogens is 193 g/mol. The summed E-state index contributed by atoms with van der Waals surface area (Å²) in [5.74, 6) is -0.336. The highest BCUT2D eigenvalue weighted by Crippen LogP contribution is 2.22. The number of nitrogens with one attached hydrogen (secondary N) is 1. The first-order chi connectivity index (χ1) is 7.18. The number of halogens is 1. The Balaban J connectivity index is 2.57. The molecule has 0 bridgehead atoms. The number of carbonyl (C=O) groups is 1. The Labute approximate surface area is 86.4 Å². The van der Waals surface area contributed by atoms with Gasteiger partial charge in [-0.15, -0.1) is 0 Å². The molecule has 0 aliphatic rings. The van der Waals surface area contributed by atoms with E-state index >= 15 is 0 Å². The Morgan fingerprint density at radius 2 is 2.27 bits per heavy atom. The fourth-order valence-electron chi connectivity index (χ4n) is 1.50. The summed E-state index contributed by atoms with van der Waals surface area (Å²) in [4.78, 5) is 13.7. The lowest BCUT2D eigenvalue weighted by atomic mass is 10.1. The van der Waals surface area contributed by atoms with Crippen LogP contribution in [0.3, 0.4) is 0 Å². The van der Waals surface area contributed by atoms with Crippen molar-refractivity contribution in [3.8, 4) is 0 Å². The minimum Gasteiger partial charge on any atom is -0.360 e. The van der Waals surface area contributed by atoms with Gasteiger partial charge in [-0.2, -0.15) is 0 Å². The number of hydrogen-bond donors (Lipinski definition) is 1. The number of rotatable bonds is 2. The lowest BCUT2D eigenvalue weighted by Crippen LogP contribution is -1.80. The maximum Gasteiger partial charge on any atom is 0.152 e. The summed E-state index contributed by atoms with van der Waals surface area (Å²) in [5.41, 5.74) is 1.43. The van der Waals surface area contributed by atoms with Gasteiger partial charge in [0.1, 0.15) is 5.82 Å². The van der Waals surface area contributed by atoms with Crippen molar-refractivity contribution in [1.82, 2.24) is 4.98 Å². The van der Waals surface area contributed by atoms with Crippen molar-refractivity contribution in [2.24, 2.45) is 0 Å². The van der Waals surface area contributed by atoms with Crippen LogP contribution in [0.5, 0.6) is 0 Å². The van der Waals surface area contributed by atoms with Crippen LogP contribution in [0, 0.1) is 5.82 Å². The summed E-state index contributed by atoms with van der Waals surface area (Å²) in [7, 11) is 0. The van der Waals surface area contributed by atoms with E-state index in [2.05, 4.69) is 4.98 Å². The maximum absolute atomic E-state index is 13.5. The lowest BCUT2D eigenvalue weighted by Gasteiger charge is -1.93. The molecule has 0 aliphatic carbocycles. The quantitative estimate of drug-likeness (QED) is 0.748. The molecule has 0 aliphatic heterocycles. The van der Waals surface area contributed by atoms with Crippen LogP contribution >= 0.6 is 0 Å². The molecule has 0 saturated carbocycles. The van der Waals surface area contributed by atoms with E-state index in [1.165, 1.54) is 19.1 Å². The molecule has 0 amide bonds. The van der Waals surface area contributed by atoms with Crippen LogP contribution in [0.15, 0.2) is 30.5 Å².